The van der Waals surface area contributed by atoms with Crippen LogP contribution < -0.4 is 10.2 Å². The fourth-order valence-electron chi connectivity index (χ4n) is 4.61. The monoisotopic (exact) mass is 616 g/mol. The Morgan fingerprint density at radius 1 is 0.865 bits per heavy atom. The standard InChI is InChI=1S/C30H22Br2N2O3/c31-24-16-21(27(26(32)17-24)37-29(36)20-10-4-1-5-11-20)19-33-34-28(35)25-18-30(25,22-12-6-2-7-13-22)23-14-8-3-9-15-23/h1-17,19,25H,18H2,(H,34,35)/b33-19-/t25-/m0/s1. The van der Waals surface area contributed by atoms with E-state index in [-0.39, 0.29) is 17.2 Å². The Hall–Kier alpha value is -3.55. The molecule has 0 heterocycles. The summed E-state index contributed by atoms with van der Waals surface area (Å²) in [6.07, 6.45) is 2.18. The fraction of sp³-hybridized carbons (Fsp3) is 0.100. The number of hydrogen-bond acceptors (Lipinski definition) is 4. The van der Waals surface area contributed by atoms with Gasteiger partial charge in [0.2, 0.25) is 5.91 Å². The summed E-state index contributed by atoms with van der Waals surface area (Å²) >= 11 is 6.92. The number of nitrogens with one attached hydrogen (secondary N) is 1. The van der Waals surface area contributed by atoms with Crippen molar-refractivity contribution in [3.63, 3.8) is 0 Å². The van der Waals surface area contributed by atoms with E-state index in [1.165, 1.54) is 6.21 Å². The number of amides is 1. The smallest absolute Gasteiger partial charge is 0.343 e. The van der Waals surface area contributed by atoms with Gasteiger partial charge in [0.05, 0.1) is 22.2 Å². The molecule has 4 aromatic carbocycles. The second kappa shape index (κ2) is 10.8. The lowest BCUT2D eigenvalue weighted by atomic mass is 9.85. The van der Waals surface area contributed by atoms with Gasteiger partial charge < -0.3 is 4.74 Å². The van der Waals surface area contributed by atoms with Gasteiger partial charge in [-0.25, -0.2) is 10.2 Å². The van der Waals surface area contributed by atoms with Crippen molar-refractivity contribution in [2.24, 2.45) is 11.0 Å². The molecule has 1 fully saturated rings. The first-order valence-corrected chi connectivity index (χ1v) is 13.3. The van der Waals surface area contributed by atoms with Crippen LogP contribution in [0.1, 0.15) is 33.5 Å². The molecule has 5 rings (SSSR count). The van der Waals surface area contributed by atoms with Crippen LogP contribution in [-0.4, -0.2) is 18.1 Å². The Morgan fingerprint density at radius 2 is 1.43 bits per heavy atom. The summed E-state index contributed by atoms with van der Waals surface area (Å²) in [5, 5.41) is 4.22. The van der Waals surface area contributed by atoms with Gasteiger partial charge in [0.25, 0.3) is 0 Å². The predicted octanol–water partition coefficient (Wildman–Crippen LogP) is 6.89. The Bertz CT molecular complexity index is 1420. The van der Waals surface area contributed by atoms with Gasteiger partial charge in [-0.05, 0) is 57.7 Å². The lowest BCUT2D eigenvalue weighted by Gasteiger charge is -2.18. The van der Waals surface area contributed by atoms with E-state index in [4.69, 9.17) is 4.74 Å². The third-order valence-corrected chi connectivity index (χ3v) is 7.52. The molecule has 5 nitrogen and oxygen atoms in total. The number of hydrogen-bond donors (Lipinski definition) is 1. The second-order valence-electron chi connectivity index (χ2n) is 8.76. The van der Waals surface area contributed by atoms with E-state index in [0.29, 0.717) is 27.8 Å². The van der Waals surface area contributed by atoms with Gasteiger partial charge in [-0.1, -0.05) is 94.8 Å². The summed E-state index contributed by atoms with van der Waals surface area (Å²) in [5.41, 5.74) is 5.49. The molecular formula is C30H22Br2N2O3. The zero-order valence-electron chi connectivity index (χ0n) is 19.6. The topological polar surface area (TPSA) is 67.8 Å². The van der Waals surface area contributed by atoms with Gasteiger partial charge in [0, 0.05) is 15.5 Å². The molecule has 0 unspecified atom stereocenters. The van der Waals surface area contributed by atoms with Gasteiger partial charge in [-0.3, -0.25) is 4.79 Å². The van der Waals surface area contributed by atoms with Crippen molar-refractivity contribution in [1.82, 2.24) is 5.43 Å². The summed E-state index contributed by atoms with van der Waals surface area (Å²) in [5.74, 6) is -0.597. The van der Waals surface area contributed by atoms with Crippen LogP contribution in [0.3, 0.4) is 0 Å². The second-order valence-corrected chi connectivity index (χ2v) is 10.5. The lowest BCUT2D eigenvalue weighted by molar-refractivity contribution is -0.122. The van der Waals surface area contributed by atoms with E-state index in [1.54, 1.807) is 36.4 Å². The van der Waals surface area contributed by atoms with Gasteiger partial charge in [-0.2, -0.15) is 5.10 Å². The molecule has 0 bridgehead atoms. The number of esters is 1. The highest BCUT2D eigenvalue weighted by Crippen LogP contribution is 2.58. The minimum absolute atomic E-state index is 0.166. The summed E-state index contributed by atoms with van der Waals surface area (Å²) in [6.45, 7) is 0. The highest BCUT2D eigenvalue weighted by Gasteiger charge is 2.60. The zero-order valence-corrected chi connectivity index (χ0v) is 22.8. The van der Waals surface area contributed by atoms with E-state index in [0.717, 1.165) is 15.6 Å². The SMILES string of the molecule is O=C(Oc1c(Br)cc(Br)cc1/C=N\NC(=O)[C@@H]1CC1(c1ccccc1)c1ccccc1)c1ccccc1. The molecule has 1 atom stereocenters. The van der Waals surface area contributed by atoms with Gasteiger partial charge >= 0.3 is 5.97 Å². The molecule has 0 saturated heterocycles. The Balaban J connectivity index is 1.35. The van der Waals surface area contributed by atoms with Crippen LogP contribution in [0.25, 0.3) is 0 Å². The van der Waals surface area contributed by atoms with Crippen LogP contribution in [0.15, 0.2) is 117 Å². The van der Waals surface area contributed by atoms with E-state index in [2.05, 4.69) is 66.7 Å². The molecule has 37 heavy (non-hydrogen) atoms. The van der Waals surface area contributed by atoms with Crippen molar-refractivity contribution in [2.45, 2.75) is 11.8 Å². The van der Waals surface area contributed by atoms with Crippen LogP contribution in [0, 0.1) is 5.92 Å². The minimum Gasteiger partial charge on any atom is -0.421 e. The van der Waals surface area contributed by atoms with Crippen molar-refractivity contribution in [2.75, 3.05) is 0 Å². The number of nitrogens with zero attached hydrogens (tertiary/aromatic N) is 1. The number of carbonyl (C=O) groups excluding carboxylic acids is 2. The summed E-state index contributed by atoms with van der Waals surface area (Å²) < 4.78 is 7.01. The van der Waals surface area contributed by atoms with Crippen LogP contribution >= 0.6 is 31.9 Å². The maximum Gasteiger partial charge on any atom is 0.343 e. The van der Waals surface area contributed by atoms with E-state index in [1.807, 2.05) is 42.5 Å². The average Bonchev–Trinajstić information content (AvgIpc) is 3.69. The number of benzene rings is 4. The normalized spacial score (nSPS) is 15.8. The first kappa shape index (κ1) is 25.1. The third kappa shape index (κ3) is 5.29. The van der Waals surface area contributed by atoms with Gasteiger partial charge in [0.15, 0.2) is 5.75 Å². The number of carbonyl (C=O) groups is 2. The van der Waals surface area contributed by atoms with Crippen molar-refractivity contribution in [3.05, 3.63) is 134 Å². The van der Waals surface area contributed by atoms with Crippen LogP contribution in [-0.2, 0) is 10.2 Å². The molecule has 0 radical (unpaired) electrons. The van der Waals surface area contributed by atoms with Gasteiger partial charge in [-0.15, -0.1) is 0 Å². The van der Waals surface area contributed by atoms with Crippen LogP contribution in [0.5, 0.6) is 5.75 Å². The molecule has 0 aliphatic heterocycles. The molecule has 1 N–H and O–H groups in total. The Morgan fingerprint density at radius 3 is 2.03 bits per heavy atom. The van der Waals surface area contributed by atoms with Crippen molar-refractivity contribution in [1.29, 1.82) is 0 Å². The van der Waals surface area contributed by atoms with Crippen LogP contribution in [0.4, 0.5) is 0 Å². The zero-order chi connectivity index (χ0) is 25.8. The summed E-state index contributed by atoms with van der Waals surface area (Å²) in [6, 6.07) is 32.5. The molecule has 0 aromatic heterocycles. The van der Waals surface area contributed by atoms with Crippen molar-refractivity contribution < 1.29 is 14.3 Å². The molecule has 1 saturated carbocycles. The van der Waals surface area contributed by atoms with Gasteiger partial charge in [0.1, 0.15) is 0 Å². The average molecular weight is 618 g/mol. The predicted molar refractivity (Wildman–Crippen MR) is 151 cm³/mol. The highest BCUT2D eigenvalue weighted by atomic mass is 79.9. The summed E-state index contributed by atoms with van der Waals surface area (Å²) in [4.78, 5) is 25.9. The first-order valence-electron chi connectivity index (χ1n) is 11.7. The maximum atomic E-state index is 13.2. The molecule has 4 aromatic rings. The molecular weight excluding hydrogens is 596 g/mol. The number of ether oxygens (including phenoxy) is 1. The molecule has 1 amide bonds. The largest absolute Gasteiger partial charge is 0.421 e. The number of rotatable bonds is 7. The van der Waals surface area contributed by atoms with E-state index >= 15 is 0 Å². The minimum atomic E-state index is -0.490. The molecule has 1 aliphatic rings. The van der Waals surface area contributed by atoms with Crippen molar-refractivity contribution in [3.8, 4) is 5.75 Å². The number of halogens is 2. The third-order valence-electron chi connectivity index (χ3n) is 6.47. The molecule has 0 spiro atoms. The Labute approximate surface area is 231 Å². The van der Waals surface area contributed by atoms with E-state index < -0.39 is 5.97 Å². The first-order chi connectivity index (χ1) is 18.0. The number of hydrazone groups is 1. The highest BCUT2D eigenvalue weighted by molar-refractivity contribution is 9.11. The molecule has 184 valence electrons. The lowest BCUT2D eigenvalue weighted by Crippen LogP contribution is -2.25. The molecule has 1 aliphatic carbocycles. The maximum absolute atomic E-state index is 13.2. The van der Waals surface area contributed by atoms with Crippen molar-refractivity contribution >= 4 is 50.0 Å². The Kier molecular flexibility index (Phi) is 7.35. The fourth-order valence-corrected chi connectivity index (χ4v) is 5.95. The summed E-state index contributed by atoms with van der Waals surface area (Å²) in [7, 11) is 0. The van der Waals surface area contributed by atoms with Crippen LogP contribution in [0.2, 0.25) is 0 Å². The van der Waals surface area contributed by atoms with E-state index in [9.17, 15) is 9.59 Å². The quantitative estimate of drug-likeness (QED) is 0.106. The molecule has 7 heteroatoms.